The van der Waals surface area contributed by atoms with E-state index in [0.717, 1.165) is 42.7 Å². The van der Waals surface area contributed by atoms with E-state index in [0.29, 0.717) is 5.69 Å². The number of carbonyl (C=O) groups excluding carboxylic acids is 1. The minimum Gasteiger partial charge on any atom is -0.365 e. The SMILES string of the molecule is NC(=O)c1cc(F)c(NC2CCCC[C@@H]2N)nc1Nc1cncc2[nH]ccc12. The van der Waals surface area contributed by atoms with Gasteiger partial charge in [-0.1, -0.05) is 12.8 Å². The summed E-state index contributed by atoms with van der Waals surface area (Å²) in [7, 11) is 0. The molecule has 9 heteroatoms. The van der Waals surface area contributed by atoms with E-state index in [1.807, 2.05) is 6.07 Å². The van der Waals surface area contributed by atoms with Gasteiger partial charge in [0, 0.05) is 23.7 Å². The van der Waals surface area contributed by atoms with E-state index >= 15 is 0 Å². The molecule has 28 heavy (non-hydrogen) atoms. The number of nitrogens with two attached hydrogens (primary N) is 2. The molecule has 0 aromatic carbocycles. The number of halogens is 1. The topological polar surface area (TPSA) is 135 Å². The lowest BCUT2D eigenvalue weighted by molar-refractivity contribution is 0.100. The number of amides is 1. The predicted molar refractivity (Wildman–Crippen MR) is 106 cm³/mol. The number of aromatic nitrogens is 3. The number of H-pyrrole nitrogens is 1. The van der Waals surface area contributed by atoms with Crippen molar-refractivity contribution in [3.05, 3.63) is 42.1 Å². The van der Waals surface area contributed by atoms with Gasteiger partial charge in [0.05, 0.1) is 29.2 Å². The van der Waals surface area contributed by atoms with Gasteiger partial charge in [-0.05, 0) is 25.0 Å². The Balaban J connectivity index is 1.70. The molecule has 3 heterocycles. The predicted octanol–water partition coefficient (Wildman–Crippen LogP) is 2.62. The highest BCUT2D eigenvalue weighted by atomic mass is 19.1. The second kappa shape index (κ2) is 7.43. The smallest absolute Gasteiger partial charge is 0.252 e. The second-order valence-electron chi connectivity index (χ2n) is 7.03. The largest absolute Gasteiger partial charge is 0.365 e. The maximum atomic E-state index is 14.6. The Labute approximate surface area is 160 Å². The minimum absolute atomic E-state index is 0.0384. The summed E-state index contributed by atoms with van der Waals surface area (Å²) in [4.78, 5) is 23.4. The van der Waals surface area contributed by atoms with Crippen molar-refractivity contribution in [3.63, 3.8) is 0 Å². The summed E-state index contributed by atoms with van der Waals surface area (Å²) in [5.74, 6) is -1.21. The number of pyridine rings is 2. The summed E-state index contributed by atoms with van der Waals surface area (Å²) in [6.45, 7) is 0. The van der Waals surface area contributed by atoms with Crippen molar-refractivity contribution >= 4 is 34.1 Å². The number of fused-ring (bicyclic) bond motifs is 1. The number of rotatable bonds is 5. The first kappa shape index (κ1) is 18.2. The van der Waals surface area contributed by atoms with Crippen molar-refractivity contribution in [2.45, 2.75) is 37.8 Å². The van der Waals surface area contributed by atoms with Crippen LogP contribution in [0.3, 0.4) is 0 Å². The number of anilines is 3. The monoisotopic (exact) mass is 383 g/mol. The standard InChI is InChI=1S/C19H22FN7O/c20-12-7-11(17(22)28)18(26-16-9-23-8-15-10(16)5-6-24-15)27-19(12)25-14-4-2-1-3-13(14)21/h5-9,13-14,24H,1-4,21H2,(H2,22,28)(H2,25,26,27)/t13-,14?/m0/s1. The van der Waals surface area contributed by atoms with Crippen LogP contribution < -0.4 is 22.1 Å². The van der Waals surface area contributed by atoms with Gasteiger partial charge >= 0.3 is 0 Å². The molecule has 1 aliphatic carbocycles. The molecule has 0 radical (unpaired) electrons. The van der Waals surface area contributed by atoms with Crippen molar-refractivity contribution in [1.29, 1.82) is 0 Å². The highest BCUT2D eigenvalue weighted by molar-refractivity contribution is 6.00. The van der Waals surface area contributed by atoms with Gasteiger partial charge in [-0.2, -0.15) is 0 Å². The normalized spacial score (nSPS) is 19.5. The van der Waals surface area contributed by atoms with E-state index in [9.17, 15) is 9.18 Å². The van der Waals surface area contributed by atoms with E-state index in [2.05, 4.69) is 25.6 Å². The van der Waals surface area contributed by atoms with E-state index in [-0.39, 0.29) is 29.3 Å². The number of nitrogens with one attached hydrogen (secondary N) is 3. The molecule has 0 saturated heterocycles. The molecular formula is C19H22FN7O. The molecule has 0 aliphatic heterocycles. The van der Waals surface area contributed by atoms with Crippen LogP contribution in [0.2, 0.25) is 0 Å². The van der Waals surface area contributed by atoms with Crippen LogP contribution in [0.4, 0.5) is 21.7 Å². The van der Waals surface area contributed by atoms with Gasteiger partial charge in [-0.15, -0.1) is 0 Å². The molecule has 1 unspecified atom stereocenters. The van der Waals surface area contributed by atoms with Crippen LogP contribution in [0, 0.1) is 5.82 Å². The van der Waals surface area contributed by atoms with Crippen LogP contribution in [-0.2, 0) is 0 Å². The summed E-state index contributed by atoms with van der Waals surface area (Å²) in [5, 5.41) is 7.03. The Morgan fingerprint density at radius 1 is 1.25 bits per heavy atom. The molecule has 1 aliphatic rings. The summed E-state index contributed by atoms with van der Waals surface area (Å²) >= 11 is 0. The number of carbonyl (C=O) groups is 1. The molecule has 3 aromatic rings. The Morgan fingerprint density at radius 3 is 2.86 bits per heavy atom. The van der Waals surface area contributed by atoms with E-state index in [4.69, 9.17) is 11.5 Å². The lowest BCUT2D eigenvalue weighted by atomic mass is 9.91. The number of aromatic amines is 1. The maximum Gasteiger partial charge on any atom is 0.252 e. The fraction of sp³-hybridized carbons (Fsp3) is 0.316. The highest BCUT2D eigenvalue weighted by Gasteiger charge is 2.24. The molecule has 1 amide bonds. The molecule has 0 bridgehead atoms. The molecule has 3 aromatic heterocycles. The van der Waals surface area contributed by atoms with Gasteiger partial charge in [0.1, 0.15) is 5.82 Å². The summed E-state index contributed by atoms with van der Waals surface area (Å²) in [6, 6.07) is 2.82. The van der Waals surface area contributed by atoms with Crippen molar-refractivity contribution < 1.29 is 9.18 Å². The third kappa shape index (κ3) is 3.48. The third-order valence-electron chi connectivity index (χ3n) is 5.11. The van der Waals surface area contributed by atoms with Crippen LogP contribution >= 0.6 is 0 Å². The van der Waals surface area contributed by atoms with Gasteiger partial charge in [0.15, 0.2) is 11.6 Å². The molecule has 4 rings (SSSR count). The lowest BCUT2D eigenvalue weighted by Crippen LogP contribution is -2.43. The third-order valence-corrected chi connectivity index (χ3v) is 5.11. The van der Waals surface area contributed by atoms with Crippen molar-refractivity contribution in [2.24, 2.45) is 11.5 Å². The molecular weight excluding hydrogens is 361 g/mol. The van der Waals surface area contributed by atoms with Crippen molar-refractivity contribution in [3.8, 4) is 0 Å². The van der Waals surface area contributed by atoms with Crippen molar-refractivity contribution in [2.75, 3.05) is 10.6 Å². The molecule has 2 atom stereocenters. The number of hydrogen-bond acceptors (Lipinski definition) is 6. The van der Waals surface area contributed by atoms with E-state index in [1.54, 1.807) is 18.6 Å². The molecule has 1 fully saturated rings. The fourth-order valence-electron chi connectivity index (χ4n) is 3.59. The summed E-state index contributed by atoms with van der Waals surface area (Å²) in [6.07, 6.45) is 8.89. The Kier molecular flexibility index (Phi) is 4.82. The van der Waals surface area contributed by atoms with Crippen LogP contribution in [0.15, 0.2) is 30.7 Å². The van der Waals surface area contributed by atoms with Crippen LogP contribution in [0.5, 0.6) is 0 Å². The van der Waals surface area contributed by atoms with E-state index < -0.39 is 11.7 Å². The van der Waals surface area contributed by atoms with Gasteiger partial charge in [0.25, 0.3) is 5.91 Å². The Bertz CT molecular complexity index is 1020. The molecule has 7 N–H and O–H groups in total. The van der Waals surface area contributed by atoms with Crippen LogP contribution in [0.1, 0.15) is 36.0 Å². The Morgan fingerprint density at radius 2 is 2.07 bits per heavy atom. The number of nitrogens with zero attached hydrogens (tertiary/aromatic N) is 2. The first-order chi connectivity index (χ1) is 13.5. The molecule has 0 spiro atoms. The summed E-state index contributed by atoms with van der Waals surface area (Å²) in [5.41, 5.74) is 13.0. The minimum atomic E-state index is -0.774. The first-order valence-electron chi connectivity index (χ1n) is 9.23. The fourth-order valence-corrected chi connectivity index (χ4v) is 3.59. The lowest BCUT2D eigenvalue weighted by Gasteiger charge is -2.30. The number of hydrogen-bond donors (Lipinski definition) is 5. The van der Waals surface area contributed by atoms with Gasteiger partial charge in [-0.3, -0.25) is 9.78 Å². The number of primary amides is 1. The van der Waals surface area contributed by atoms with Gasteiger partial charge in [-0.25, -0.2) is 9.37 Å². The van der Waals surface area contributed by atoms with Crippen LogP contribution in [-0.4, -0.2) is 32.9 Å². The zero-order valence-electron chi connectivity index (χ0n) is 15.2. The van der Waals surface area contributed by atoms with Crippen molar-refractivity contribution in [1.82, 2.24) is 15.0 Å². The first-order valence-corrected chi connectivity index (χ1v) is 9.23. The maximum absolute atomic E-state index is 14.6. The summed E-state index contributed by atoms with van der Waals surface area (Å²) < 4.78 is 14.6. The van der Waals surface area contributed by atoms with Gasteiger partial charge in [0.2, 0.25) is 0 Å². The zero-order chi connectivity index (χ0) is 19.7. The Hall–Kier alpha value is -3.20. The highest BCUT2D eigenvalue weighted by Crippen LogP contribution is 2.29. The molecule has 146 valence electrons. The van der Waals surface area contributed by atoms with Gasteiger partial charge < -0.3 is 27.1 Å². The molecule has 8 nitrogen and oxygen atoms in total. The zero-order valence-corrected chi connectivity index (χ0v) is 15.2. The second-order valence-corrected chi connectivity index (χ2v) is 7.03. The average Bonchev–Trinajstić information content (AvgIpc) is 3.15. The van der Waals surface area contributed by atoms with Crippen LogP contribution in [0.25, 0.3) is 10.9 Å². The average molecular weight is 383 g/mol. The molecule has 1 saturated carbocycles. The van der Waals surface area contributed by atoms with E-state index in [1.165, 1.54) is 0 Å². The quantitative estimate of drug-likeness (QED) is 0.460.